The number of furan rings is 1. The Morgan fingerprint density at radius 1 is 1.11 bits per heavy atom. The molecule has 0 radical (unpaired) electrons. The maximum atomic E-state index is 13.4. The van der Waals surface area contributed by atoms with E-state index < -0.39 is 5.97 Å². The van der Waals surface area contributed by atoms with Crippen LogP contribution in [0.1, 0.15) is 12.5 Å². The minimum atomic E-state index is -0.511. The summed E-state index contributed by atoms with van der Waals surface area (Å²) in [5.41, 5.74) is 1.23. The summed E-state index contributed by atoms with van der Waals surface area (Å²) in [6, 6.07) is 19.5. The van der Waals surface area contributed by atoms with E-state index in [0.717, 1.165) is 9.86 Å². The molecule has 2 heterocycles. The van der Waals surface area contributed by atoms with Crippen molar-refractivity contribution in [1.82, 2.24) is 9.66 Å². The quantitative estimate of drug-likeness (QED) is 0.171. The number of hydrogen-bond acceptors (Lipinski definition) is 7. The summed E-state index contributed by atoms with van der Waals surface area (Å²) in [5.74, 6) is 0.653. The third kappa shape index (κ3) is 4.33. The van der Waals surface area contributed by atoms with Gasteiger partial charge in [0, 0.05) is 22.3 Å². The van der Waals surface area contributed by atoms with Crippen molar-refractivity contribution < 1.29 is 18.7 Å². The maximum Gasteiger partial charge on any atom is 0.308 e. The van der Waals surface area contributed by atoms with Crippen LogP contribution in [0.15, 0.2) is 85.5 Å². The minimum Gasteiger partial charge on any atom is -0.493 e. The first kappa shape index (κ1) is 22.5. The van der Waals surface area contributed by atoms with E-state index in [0.29, 0.717) is 33.6 Å². The molecule has 0 saturated heterocycles. The molecule has 0 amide bonds. The lowest BCUT2D eigenvalue weighted by Crippen LogP contribution is -2.20. The molecule has 2 aromatic heterocycles. The molecular formula is C26H18BrN3O5. The molecule has 0 aliphatic carbocycles. The van der Waals surface area contributed by atoms with Crippen molar-refractivity contribution in [3.8, 4) is 23.1 Å². The maximum absolute atomic E-state index is 13.4. The summed E-state index contributed by atoms with van der Waals surface area (Å²) in [6.45, 7) is 1.29. The second-order valence-electron chi connectivity index (χ2n) is 7.58. The number of ether oxygens (including phenoxy) is 2. The summed E-state index contributed by atoms with van der Waals surface area (Å²) in [5, 5.41) is 5.68. The summed E-state index contributed by atoms with van der Waals surface area (Å²) < 4.78 is 18.7. The number of carbonyl (C=O) groups is 1. The van der Waals surface area contributed by atoms with Gasteiger partial charge in [0.05, 0.1) is 24.2 Å². The van der Waals surface area contributed by atoms with Crippen LogP contribution in [0, 0.1) is 0 Å². The van der Waals surface area contributed by atoms with E-state index in [-0.39, 0.29) is 17.1 Å². The number of para-hydroxylation sites is 2. The van der Waals surface area contributed by atoms with Crippen LogP contribution in [0.5, 0.6) is 11.5 Å². The SMILES string of the molecule is COc1cccc(C=Nn2c(-c3cc4cc(Br)ccc4o3)nc3ccccc3c2=O)c1OC(C)=O. The average Bonchev–Trinajstić information content (AvgIpc) is 3.27. The van der Waals surface area contributed by atoms with Crippen LogP contribution in [-0.2, 0) is 4.79 Å². The van der Waals surface area contributed by atoms with Gasteiger partial charge in [-0.3, -0.25) is 9.59 Å². The number of halogens is 1. The summed E-state index contributed by atoms with van der Waals surface area (Å²) in [7, 11) is 1.47. The monoisotopic (exact) mass is 531 g/mol. The number of methoxy groups -OCH3 is 1. The molecular weight excluding hydrogens is 514 g/mol. The fourth-order valence-electron chi connectivity index (χ4n) is 3.68. The smallest absolute Gasteiger partial charge is 0.308 e. The van der Waals surface area contributed by atoms with Crippen LogP contribution >= 0.6 is 15.9 Å². The highest BCUT2D eigenvalue weighted by molar-refractivity contribution is 9.10. The standard InChI is InChI=1S/C26H18BrN3O5/c1-15(31)34-24-16(6-5-9-22(24)33-2)14-28-30-25(29-20-8-4-3-7-19(20)26(30)32)23-13-17-12-18(27)10-11-21(17)35-23/h3-14H,1-2H3. The zero-order chi connectivity index (χ0) is 24.5. The normalized spacial score (nSPS) is 11.4. The van der Waals surface area contributed by atoms with Crippen molar-refractivity contribution >= 4 is 50.0 Å². The van der Waals surface area contributed by atoms with Gasteiger partial charge in [-0.1, -0.05) is 34.1 Å². The fraction of sp³-hybridized carbons (Fsp3) is 0.0769. The molecule has 9 heteroatoms. The number of nitrogens with zero attached hydrogens (tertiary/aromatic N) is 3. The number of fused-ring (bicyclic) bond motifs is 2. The predicted molar refractivity (Wildman–Crippen MR) is 136 cm³/mol. The zero-order valence-electron chi connectivity index (χ0n) is 18.7. The van der Waals surface area contributed by atoms with Crippen LogP contribution in [0.2, 0.25) is 0 Å². The van der Waals surface area contributed by atoms with E-state index >= 15 is 0 Å². The molecule has 35 heavy (non-hydrogen) atoms. The Bertz CT molecular complexity index is 1690. The van der Waals surface area contributed by atoms with Gasteiger partial charge in [0.15, 0.2) is 17.3 Å². The Balaban J connectivity index is 1.72. The number of benzene rings is 3. The summed E-state index contributed by atoms with van der Waals surface area (Å²) in [4.78, 5) is 29.8. The van der Waals surface area contributed by atoms with E-state index in [1.54, 1.807) is 42.5 Å². The van der Waals surface area contributed by atoms with Gasteiger partial charge < -0.3 is 13.9 Å². The van der Waals surface area contributed by atoms with Crippen molar-refractivity contribution in [3.05, 3.63) is 87.1 Å². The Hall–Kier alpha value is -4.24. The first-order chi connectivity index (χ1) is 16.9. The van der Waals surface area contributed by atoms with Gasteiger partial charge in [-0.25, -0.2) is 4.98 Å². The lowest BCUT2D eigenvalue weighted by molar-refractivity contribution is -0.132. The van der Waals surface area contributed by atoms with E-state index in [4.69, 9.17) is 13.9 Å². The number of aromatic nitrogens is 2. The second kappa shape index (κ2) is 9.19. The molecule has 5 rings (SSSR count). The van der Waals surface area contributed by atoms with Crippen molar-refractivity contribution in [1.29, 1.82) is 0 Å². The highest BCUT2D eigenvalue weighted by atomic mass is 79.9. The number of rotatable bonds is 5. The molecule has 0 bridgehead atoms. The van der Waals surface area contributed by atoms with Crippen LogP contribution in [0.3, 0.4) is 0 Å². The van der Waals surface area contributed by atoms with Gasteiger partial charge in [-0.2, -0.15) is 9.78 Å². The largest absolute Gasteiger partial charge is 0.493 e. The topological polar surface area (TPSA) is 95.9 Å². The van der Waals surface area contributed by atoms with Crippen LogP contribution in [-0.4, -0.2) is 29.0 Å². The average molecular weight is 532 g/mol. The molecule has 174 valence electrons. The third-order valence-corrected chi connectivity index (χ3v) is 5.73. The predicted octanol–water partition coefficient (Wildman–Crippen LogP) is 5.39. The van der Waals surface area contributed by atoms with Crippen LogP contribution in [0.4, 0.5) is 0 Å². The Morgan fingerprint density at radius 3 is 2.74 bits per heavy atom. The van der Waals surface area contributed by atoms with Crippen molar-refractivity contribution in [2.24, 2.45) is 5.10 Å². The number of esters is 1. The Kier molecular flexibility index (Phi) is 5.92. The van der Waals surface area contributed by atoms with Gasteiger partial charge >= 0.3 is 5.97 Å². The van der Waals surface area contributed by atoms with Crippen LogP contribution in [0.25, 0.3) is 33.5 Å². The lowest BCUT2D eigenvalue weighted by atomic mass is 10.2. The molecule has 0 aliphatic heterocycles. The highest BCUT2D eigenvalue weighted by Crippen LogP contribution is 2.31. The van der Waals surface area contributed by atoms with E-state index in [1.807, 2.05) is 24.3 Å². The first-order valence-electron chi connectivity index (χ1n) is 10.6. The van der Waals surface area contributed by atoms with Crippen LogP contribution < -0.4 is 15.0 Å². The minimum absolute atomic E-state index is 0.197. The number of carbonyl (C=O) groups excluding carboxylic acids is 1. The van der Waals surface area contributed by atoms with Gasteiger partial charge in [0.2, 0.25) is 5.82 Å². The Morgan fingerprint density at radius 2 is 1.94 bits per heavy atom. The molecule has 0 atom stereocenters. The van der Waals surface area contributed by atoms with Gasteiger partial charge in [-0.05, 0) is 48.5 Å². The highest BCUT2D eigenvalue weighted by Gasteiger charge is 2.17. The molecule has 0 aliphatic rings. The molecule has 0 spiro atoms. The molecule has 8 nitrogen and oxygen atoms in total. The first-order valence-corrected chi connectivity index (χ1v) is 11.3. The molecule has 5 aromatic rings. The molecule has 0 unspecified atom stereocenters. The Labute approximate surface area is 207 Å². The summed E-state index contributed by atoms with van der Waals surface area (Å²) >= 11 is 3.46. The molecule has 0 N–H and O–H groups in total. The third-order valence-electron chi connectivity index (χ3n) is 5.24. The summed E-state index contributed by atoms with van der Waals surface area (Å²) in [6.07, 6.45) is 1.42. The second-order valence-corrected chi connectivity index (χ2v) is 8.49. The van der Waals surface area contributed by atoms with Crippen molar-refractivity contribution in [2.45, 2.75) is 6.92 Å². The van der Waals surface area contributed by atoms with Gasteiger partial charge in [-0.15, -0.1) is 0 Å². The van der Waals surface area contributed by atoms with E-state index in [2.05, 4.69) is 26.0 Å². The zero-order valence-corrected chi connectivity index (χ0v) is 20.3. The molecule has 3 aromatic carbocycles. The molecule has 0 fully saturated rings. The van der Waals surface area contributed by atoms with E-state index in [1.165, 1.54) is 24.9 Å². The fourth-order valence-corrected chi connectivity index (χ4v) is 4.06. The number of hydrogen-bond donors (Lipinski definition) is 0. The van der Waals surface area contributed by atoms with Gasteiger partial charge in [0.25, 0.3) is 5.56 Å². The van der Waals surface area contributed by atoms with Gasteiger partial charge in [0.1, 0.15) is 5.58 Å². The molecule has 0 saturated carbocycles. The van der Waals surface area contributed by atoms with Crippen molar-refractivity contribution in [2.75, 3.05) is 7.11 Å². The lowest BCUT2D eigenvalue weighted by Gasteiger charge is -2.11. The van der Waals surface area contributed by atoms with E-state index in [9.17, 15) is 9.59 Å². The van der Waals surface area contributed by atoms with Crippen molar-refractivity contribution in [3.63, 3.8) is 0 Å².